The van der Waals surface area contributed by atoms with E-state index < -0.39 is 43.1 Å². The van der Waals surface area contributed by atoms with Crippen LogP contribution < -0.4 is 38.4 Å². The van der Waals surface area contributed by atoms with Crippen molar-refractivity contribution in [3.63, 3.8) is 0 Å². The van der Waals surface area contributed by atoms with E-state index in [-0.39, 0.29) is 50.3 Å². The summed E-state index contributed by atoms with van der Waals surface area (Å²) in [7, 11) is -1.12. The third-order valence-electron chi connectivity index (χ3n) is 5.46. The van der Waals surface area contributed by atoms with E-state index in [9.17, 15) is 31.1 Å². The fraction of sp³-hybridized carbons (Fsp3) is 0.519. The fourth-order valence-electron chi connectivity index (χ4n) is 3.43. The first kappa shape index (κ1) is 35.1. The van der Waals surface area contributed by atoms with Gasteiger partial charge in [0.15, 0.2) is 5.52 Å². The normalized spacial score (nSPS) is 11.9. The fourth-order valence-corrected chi connectivity index (χ4v) is 4.59. The quantitative estimate of drug-likeness (QED) is 0.122. The minimum atomic E-state index is -5.16. The van der Waals surface area contributed by atoms with E-state index in [0.717, 1.165) is 25.7 Å². The van der Waals surface area contributed by atoms with Gasteiger partial charge in [-0.15, -0.1) is 0 Å². The summed E-state index contributed by atoms with van der Waals surface area (Å²) in [6.07, 6.45) is -5.78. The van der Waals surface area contributed by atoms with Crippen LogP contribution in [0.2, 0.25) is 0 Å². The smallest absolute Gasteiger partial charge is 1.00 e. The molecule has 0 saturated heterocycles. The summed E-state index contributed by atoms with van der Waals surface area (Å²) < 4.78 is 99.7. The largest absolute Gasteiger partial charge is 1.00 e. The van der Waals surface area contributed by atoms with Crippen LogP contribution in [0.15, 0.2) is 30.3 Å². The number of benzene rings is 2. The number of carbonyl (C=O) groups excluding carboxylic acids is 1. The molecule has 0 aliphatic carbocycles. The van der Waals surface area contributed by atoms with Gasteiger partial charge in [0.2, 0.25) is 0 Å². The van der Waals surface area contributed by atoms with Crippen molar-refractivity contribution in [3.05, 3.63) is 47.0 Å². The van der Waals surface area contributed by atoms with Gasteiger partial charge < -0.3 is 15.6 Å². The molecule has 0 spiro atoms. The van der Waals surface area contributed by atoms with Gasteiger partial charge in [0.05, 0.1) is 36.3 Å². The Kier molecular flexibility index (Phi) is 14.8. The average molecular weight is 574 g/mol. The van der Waals surface area contributed by atoms with E-state index in [1.165, 1.54) is 12.1 Å². The molecule has 0 aliphatic rings. The molecule has 2 rings (SSSR count). The minimum absolute atomic E-state index is 0. The number of ether oxygens (including phenoxy) is 3. The molecule has 0 bridgehead atoms. The van der Waals surface area contributed by atoms with Crippen LogP contribution in [0.25, 0.3) is 0 Å². The molecule has 0 saturated carbocycles. The van der Waals surface area contributed by atoms with Crippen LogP contribution in [-0.2, 0) is 12.4 Å². The van der Waals surface area contributed by atoms with Gasteiger partial charge in [0, 0.05) is 17.7 Å². The van der Waals surface area contributed by atoms with E-state index in [2.05, 4.69) is 0 Å². The summed E-state index contributed by atoms with van der Waals surface area (Å²) in [5, 5.41) is 0.107. The summed E-state index contributed by atoms with van der Waals surface area (Å²) in [6.45, 7) is 6.74. The molecular weight excluding hydrogens is 540 g/mol. The second-order valence-corrected chi connectivity index (χ2v) is 9.78. The van der Waals surface area contributed by atoms with E-state index in [1.54, 1.807) is 0 Å². The molecule has 0 radical (unpaired) electrons. The number of halogens is 6. The molecule has 39 heavy (non-hydrogen) atoms. The van der Waals surface area contributed by atoms with Gasteiger partial charge in [-0.05, 0) is 40.0 Å². The molecule has 0 aromatic heterocycles. The Morgan fingerprint density at radius 2 is 1.18 bits per heavy atom. The Hall–Kier alpha value is -1.88. The predicted molar refractivity (Wildman–Crippen MR) is 137 cm³/mol. The molecule has 1 atom stereocenters. The van der Waals surface area contributed by atoms with Crippen LogP contribution in [0.4, 0.5) is 26.3 Å². The molecule has 12 heteroatoms. The van der Waals surface area contributed by atoms with Crippen LogP contribution in [0, 0.1) is 0 Å². The average Bonchev–Trinajstić information content (AvgIpc) is 2.84. The molecular formula is C27H34F6LiO4P. The Bertz CT molecular complexity index is 1000. The zero-order chi connectivity index (χ0) is 28.3. The first-order chi connectivity index (χ1) is 17.9. The molecule has 2 aromatic rings. The molecule has 0 heterocycles. The van der Waals surface area contributed by atoms with Crippen LogP contribution >= 0.6 is 8.58 Å². The zero-order valence-corrected chi connectivity index (χ0v) is 23.7. The zero-order valence-electron chi connectivity index (χ0n) is 23.7. The van der Waals surface area contributed by atoms with E-state index in [4.69, 9.17) is 14.2 Å². The second-order valence-electron chi connectivity index (χ2n) is 8.58. The van der Waals surface area contributed by atoms with E-state index >= 15 is 0 Å². The Morgan fingerprint density at radius 3 is 1.56 bits per heavy atom. The maximum Gasteiger partial charge on any atom is 1.00 e. The first-order valence-electron chi connectivity index (χ1n) is 12.6. The molecule has 4 nitrogen and oxygen atoms in total. The van der Waals surface area contributed by atoms with Crippen molar-refractivity contribution in [3.8, 4) is 17.2 Å². The van der Waals surface area contributed by atoms with Crippen LogP contribution in [0.1, 0.15) is 82.2 Å². The van der Waals surface area contributed by atoms with Crippen LogP contribution in [0.3, 0.4) is 0 Å². The van der Waals surface area contributed by atoms with Gasteiger partial charge in [-0.1, -0.05) is 46.1 Å². The van der Waals surface area contributed by atoms with Crippen molar-refractivity contribution >= 4 is 19.4 Å². The molecule has 0 N–H and O–H groups in total. The van der Waals surface area contributed by atoms with Crippen LogP contribution in [-0.4, -0.2) is 25.3 Å². The van der Waals surface area contributed by atoms with Gasteiger partial charge in [0.1, 0.15) is 17.2 Å². The summed E-state index contributed by atoms with van der Waals surface area (Å²) in [5.41, 5.74) is -5.99. The van der Waals surface area contributed by atoms with Gasteiger partial charge >= 0.3 is 31.2 Å². The third kappa shape index (κ3) is 10.6. The van der Waals surface area contributed by atoms with E-state index in [0.29, 0.717) is 43.4 Å². The predicted octanol–water partition coefficient (Wildman–Crippen LogP) is 5.52. The van der Waals surface area contributed by atoms with Crippen molar-refractivity contribution in [2.45, 2.75) is 71.6 Å². The maximum atomic E-state index is 13.7. The molecule has 2 aromatic carbocycles. The molecule has 0 fully saturated rings. The van der Waals surface area contributed by atoms with Crippen molar-refractivity contribution < 1.29 is 65.6 Å². The monoisotopic (exact) mass is 574 g/mol. The summed E-state index contributed by atoms with van der Waals surface area (Å²) in [5.74, 6) is 0.663. The van der Waals surface area contributed by atoms with Crippen molar-refractivity contribution in [2.75, 3.05) is 19.8 Å². The van der Waals surface area contributed by atoms with Crippen molar-refractivity contribution in [1.82, 2.24) is 0 Å². The van der Waals surface area contributed by atoms with Crippen LogP contribution in [0.5, 0.6) is 17.2 Å². The molecule has 1 unspecified atom stereocenters. The Balaban J connectivity index is 0.00000760. The maximum absolute atomic E-state index is 13.7. The number of carbonyl (C=O) groups is 1. The SMILES string of the molecule is CCCCOc1cc(OCCCC)c(PC(=O)c2c(C(F)(F)F)cccc2C(F)(F)F)c(OCCCC)c1.[H-].[Li+]. The van der Waals surface area contributed by atoms with Gasteiger partial charge in [0.25, 0.3) is 0 Å². The second kappa shape index (κ2) is 16.4. The number of unbranched alkanes of at least 4 members (excludes halogenated alkanes) is 3. The van der Waals surface area contributed by atoms with Gasteiger partial charge in [-0.2, -0.15) is 26.3 Å². The Labute approximate surface area is 240 Å². The summed E-state index contributed by atoms with van der Waals surface area (Å²) >= 11 is 0. The Morgan fingerprint density at radius 1 is 0.769 bits per heavy atom. The number of alkyl halides is 6. The third-order valence-corrected chi connectivity index (χ3v) is 6.68. The van der Waals surface area contributed by atoms with Gasteiger partial charge in [-0.3, -0.25) is 4.79 Å². The van der Waals surface area contributed by atoms with E-state index in [1.807, 2.05) is 20.8 Å². The standard InChI is InChI=1S/C27H33F6O4P.Li.H/c1-4-7-13-35-18-16-21(36-14-8-5-2)24(22(17-18)37-15-9-6-3)38-25(34)23-19(26(28,29)30)11-10-12-20(23)27(31,32)33;;/h10-12,16-17,38H,4-9,13-15H2,1-3H3;;/q;+1;-1. The number of hydrogen-bond acceptors (Lipinski definition) is 4. The number of rotatable bonds is 15. The van der Waals surface area contributed by atoms with Crippen molar-refractivity contribution in [1.29, 1.82) is 0 Å². The molecule has 214 valence electrons. The molecule has 0 amide bonds. The minimum Gasteiger partial charge on any atom is -1.00 e. The molecule has 0 aliphatic heterocycles. The number of hydrogen-bond donors (Lipinski definition) is 0. The summed E-state index contributed by atoms with van der Waals surface area (Å²) in [6, 6.07) is 4.62. The summed E-state index contributed by atoms with van der Waals surface area (Å²) in [4.78, 5) is 13.3. The topological polar surface area (TPSA) is 44.8 Å². The van der Waals surface area contributed by atoms with Crippen molar-refractivity contribution in [2.24, 2.45) is 0 Å². The van der Waals surface area contributed by atoms with Gasteiger partial charge in [-0.25, -0.2) is 0 Å². The first-order valence-corrected chi connectivity index (χ1v) is 13.6.